The van der Waals surface area contributed by atoms with Crippen LogP contribution in [-0.2, 0) is 4.79 Å². The third kappa shape index (κ3) is 2.88. The number of amides is 1. The first-order valence-electron chi connectivity index (χ1n) is 6.32. The highest BCUT2D eigenvalue weighted by Crippen LogP contribution is 2.21. The van der Waals surface area contributed by atoms with Crippen molar-refractivity contribution in [3.63, 3.8) is 0 Å². The number of nitrogens with zero attached hydrogens (tertiary/aromatic N) is 1. The Balaban J connectivity index is 2.08. The number of anilines is 1. The van der Waals surface area contributed by atoms with Crippen molar-refractivity contribution in [3.05, 3.63) is 30.1 Å². The molecule has 1 amide bonds. The number of hydrogen-bond acceptors (Lipinski definition) is 2. The lowest BCUT2D eigenvalue weighted by Gasteiger charge is -2.30. The SMILES string of the molecule is CC1CNCC(C(=O)N(C)c2cccc(F)c2)C1. The number of halogens is 1. The maximum absolute atomic E-state index is 13.1. The highest BCUT2D eigenvalue weighted by atomic mass is 19.1. The Morgan fingerprint density at radius 3 is 2.89 bits per heavy atom. The van der Waals surface area contributed by atoms with Crippen LogP contribution in [0.5, 0.6) is 0 Å². The summed E-state index contributed by atoms with van der Waals surface area (Å²) in [5, 5.41) is 3.26. The van der Waals surface area contributed by atoms with Gasteiger partial charge in [-0.2, -0.15) is 0 Å². The zero-order chi connectivity index (χ0) is 13.1. The van der Waals surface area contributed by atoms with E-state index in [2.05, 4.69) is 12.2 Å². The first-order chi connectivity index (χ1) is 8.58. The highest BCUT2D eigenvalue weighted by Gasteiger charge is 2.27. The average Bonchev–Trinajstić information content (AvgIpc) is 2.37. The fraction of sp³-hybridized carbons (Fsp3) is 0.500. The standard InChI is InChI=1S/C14H19FN2O/c1-10-6-11(9-16-8-10)14(18)17(2)13-5-3-4-12(15)7-13/h3-5,7,10-11,16H,6,8-9H2,1-2H3. The molecule has 2 rings (SSSR count). The average molecular weight is 250 g/mol. The van der Waals surface area contributed by atoms with Crippen LogP contribution in [0, 0.1) is 17.7 Å². The van der Waals surface area contributed by atoms with Gasteiger partial charge in [0.15, 0.2) is 0 Å². The number of nitrogens with one attached hydrogen (secondary N) is 1. The van der Waals surface area contributed by atoms with Crippen molar-refractivity contribution in [1.29, 1.82) is 0 Å². The fourth-order valence-corrected chi connectivity index (χ4v) is 2.43. The van der Waals surface area contributed by atoms with E-state index in [1.54, 1.807) is 24.1 Å². The van der Waals surface area contributed by atoms with Gasteiger partial charge in [0.25, 0.3) is 0 Å². The molecule has 1 heterocycles. The van der Waals surface area contributed by atoms with Gasteiger partial charge in [-0.15, -0.1) is 0 Å². The summed E-state index contributed by atoms with van der Waals surface area (Å²) >= 11 is 0. The van der Waals surface area contributed by atoms with E-state index < -0.39 is 0 Å². The van der Waals surface area contributed by atoms with Crippen molar-refractivity contribution in [2.24, 2.45) is 11.8 Å². The van der Waals surface area contributed by atoms with Crippen LogP contribution in [0.4, 0.5) is 10.1 Å². The van der Waals surface area contributed by atoms with Crippen molar-refractivity contribution < 1.29 is 9.18 Å². The summed E-state index contributed by atoms with van der Waals surface area (Å²) in [4.78, 5) is 13.9. The van der Waals surface area contributed by atoms with Crippen LogP contribution < -0.4 is 10.2 Å². The highest BCUT2D eigenvalue weighted by molar-refractivity contribution is 5.94. The molecule has 4 heteroatoms. The molecule has 1 aliphatic heterocycles. The third-order valence-electron chi connectivity index (χ3n) is 3.45. The molecular weight excluding hydrogens is 231 g/mol. The maximum Gasteiger partial charge on any atom is 0.231 e. The lowest BCUT2D eigenvalue weighted by molar-refractivity contribution is -0.123. The minimum Gasteiger partial charge on any atom is -0.316 e. The van der Waals surface area contributed by atoms with Crippen LogP contribution in [0.2, 0.25) is 0 Å². The Kier molecular flexibility index (Phi) is 3.97. The minimum atomic E-state index is -0.317. The zero-order valence-electron chi connectivity index (χ0n) is 10.8. The van der Waals surface area contributed by atoms with E-state index in [4.69, 9.17) is 0 Å². The first kappa shape index (κ1) is 13.0. The molecule has 0 aromatic heterocycles. The van der Waals surface area contributed by atoms with Crippen LogP contribution in [0.1, 0.15) is 13.3 Å². The van der Waals surface area contributed by atoms with E-state index in [-0.39, 0.29) is 17.6 Å². The molecule has 0 spiro atoms. The van der Waals surface area contributed by atoms with Gasteiger partial charge in [-0.3, -0.25) is 4.79 Å². The Bertz CT molecular complexity index is 436. The van der Waals surface area contributed by atoms with Gasteiger partial charge in [0, 0.05) is 19.3 Å². The molecule has 98 valence electrons. The minimum absolute atomic E-state index is 0.0120. The summed E-state index contributed by atoms with van der Waals surface area (Å²) in [6, 6.07) is 6.14. The lowest BCUT2D eigenvalue weighted by atomic mass is 9.91. The van der Waals surface area contributed by atoms with Crippen molar-refractivity contribution >= 4 is 11.6 Å². The van der Waals surface area contributed by atoms with Gasteiger partial charge >= 0.3 is 0 Å². The zero-order valence-corrected chi connectivity index (χ0v) is 10.8. The maximum atomic E-state index is 13.1. The van der Waals surface area contributed by atoms with Gasteiger partial charge in [-0.05, 0) is 37.1 Å². The largest absolute Gasteiger partial charge is 0.316 e. The molecule has 2 unspecified atom stereocenters. The van der Waals surface area contributed by atoms with Crippen molar-refractivity contribution in [3.8, 4) is 0 Å². The predicted octanol–water partition coefficient (Wildman–Crippen LogP) is 2.03. The number of hydrogen-bond donors (Lipinski definition) is 1. The Labute approximate surface area is 107 Å². The molecular formula is C14H19FN2O. The van der Waals surface area contributed by atoms with Crippen LogP contribution >= 0.6 is 0 Å². The normalized spacial score (nSPS) is 23.7. The summed E-state index contributed by atoms with van der Waals surface area (Å²) in [7, 11) is 1.70. The van der Waals surface area contributed by atoms with Crippen LogP contribution in [-0.4, -0.2) is 26.0 Å². The molecule has 1 saturated heterocycles. The summed E-state index contributed by atoms with van der Waals surface area (Å²) in [6.45, 7) is 3.81. The van der Waals surface area contributed by atoms with Crippen LogP contribution in [0.3, 0.4) is 0 Å². The molecule has 3 nitrogen and oxygen atoms in total. The monoisotopic (exact) mass is 250 g/mol. The van der Waals surface area contributed by atoms with E-state index in [1.165, 1.54) is 12.1 Å². The molecule has 1 aromatic rings. The molecule has 18 heavy (non-hydrogen) atoms. The molecule has 0 saturated carbocycles. The molecule has 1 aliphatic rings. The molecule has 0 bridgehead atoms. The number of carbonyl (C=O) groups excluding carboxylic acids is 1. The smallest absolute Gasteiger partial charge is 0.231 e. The number of piperidine rings is 1. The quantitative estimate of drug-likeness (QED) is 0.871. The second kappa shape index (κ2) is 5.48. The van der Waals surface area contributed by atoms with E-state index in [0.29, 0.717) is 18.2 Å². The van der Waals surface area contributed by atoms with E-state index >= 15 is 0 Å². The predicted molar refractivity (Wildman–Crippen MR) is 70.0 cm³/mol. The Hall–Kier alpha value is -1.42. The van der Waals surface area contributed by atoms with Gasteiger partial charge in [0.2, 0.25) is 5.91 Å². The van der Waals surface area contributed by atoms with E-state index in [0.717, 1.165) is 13.0 Å². The number of benzene rings is 1. The second-order valence-corrected chi connectivity index (χ2v) is 5.07. The topological polar surface area (TPSA) is 32.3 Å². The third-order valence-corrected chi connectivity index (χ3v) is 3.45. The number of carbonyl (C=O) groups is 1. The van der Waals surface area contributed by atoms with Gasteiger partial charge in [-0.1, -0.05) is 13.0 Å². The van der Waals surface area contributed by atoms with Gasteiger partial charge in [0.1, 0.15) is 5.82 Å². The van der Waals surface area contributed by atoms with E-state index in [9.17, 15) is 9.18 Å². The van der Waals surface area contributed by atoms with Crippen LogP contribution in [0.15, 0.2) is 24.3 Å². The molecule has 0 radical (unpaired) electrons. The lowest BCUT2D eigenvalue weighted by Crippen LogP contribution is -2.44. The van der Waals surface area contributed by atoms with Gasteiger partial charge in [0.05, 0.1) is 5.92 Å². The summed E-state index contributed by atoms with van der Waals surface area (Å²) in [5.74, 6) is 0.234. The molecule has 0 aliphatic carbocycles. The summed E-state index contributed by atoms with van der Waals surface area (Å²) < 4.78 is 13.1. The first-order valence-corrected chi connectivity index (χ1v) is 6.32. The van der Waals surface area contributed by atoms with Crippen LogP contribution in [0.25, 0.3) is 0 Å². The van der Waals surface area contributed by atoms with Crippen molar-refractivity contribution in [2.45, 2.75) is 13.3 Å². The summed E-state index contributed by atoms with van der Waals surface area (Å²) in [6.07, 6.45) is 0.894. The van der Waals surface area contributed by atoms with Gasteiger partial charge < -0.3 is 10.2 Å². The Morgan fingerprint density at radius 2 is 2.22 bits per heavy atom. The van der Waals surface area contributed by atoms with Gasteiger partial charge in [-0.25, -0.2) is 4.39 Å². The molecule has 1 fully saturated rings. The second-order valence-electron chi connectivity index (χ2n) is 5.07. The van der Waals surface area contributed by atoms with Crippen molar-refractivity contribution in [1.82, 2.24) is 5.32 Å². The molecule has 2 atom stereocenters. The van der Waals surface area contributed by atoms with Crippen molar-refractivity contribution in [2.75, 3.05) is 25.0 Å². The fourth-order valence-electron chi connectivity index (χ4n) is 2.43. The molecule has 1 N–H and O–H groups in total. The Morgan fingerprint density at radius 1 is 1.44 bits per heavy atom. The number of rotatable bonds is 2. The molecule has 1 aromatic carbocycles. The van der Waals surface area contributed by atoms with E-state index in [1.807, 2.05) is 0 Å². The summed E-state index contributed by atoms with van der Waals surface area (Å²) in [5.41, 5.74) is 0.609.